The van der Waals surface area contributed by atoms with Gasteiger partial charge in [-0.3, -0.25) is 0 Å². The van der Waals surface area contributed by atoms with E-state index in [0.717, 1.165) is 11.0 Å². The van der Waals surface area contributed by atoms with E-state index < -0.39 is 8.24 Å². The van der Waals surface area contributed by atoms with Gasteiger partial charge in [-0.05, 0) is 28.9 Å². The Balaban J connectivity index is 2.79. The maximum atomic E-state index is 6.21. The topological polar surface area (TPSA) is 30.7 Å². The van der Waals surface area contributed by atoms with Gasteiger partial charge in [0.2, 0.25) is 0 Å². The van der Waals surface area contributed by atoms with Crippen molar-refractivity contribution >= 4 is 30.9 Å². The molecule has 0 aliphatic heterocycles. The molecule has 3 nitrogen and oxygen atoms in total. The number of aromatic nitrogens is 3. The highest BCUT2D eigenvalue weighted by Crippen LogP contribution is 2.44. The second-order valence-electron chi connectivity index (χ2n) is 6.44. The minimum absolute atomic E-state index is 0.549. The van der Waals surface area contributed by atoms with Crippen LogP contribution in [0.4, 0.5) is 0 Å². The Kier molecular flexibility index (Phi) is 4.26. The first-order valence-electron chi connectivity index (χ1n) is 7.31. The fourth-order valence-electron chi connectivity index (χ4n) is 4.07. The van der Waals surface area contributed by atoms with Crippen molar-refractivity contribution in [3.63, 3.8) is 0 Å². The van der Waals surface area contributed by atoms with Crippen LogP contribution in [-0.2, 0) is 0 Å². The van der Waals surface area contributed by atoms with Gasteiger partial charge in [0, 0.05) is 0 Å². The zero-order chi connectivity index (χ0) is 15.1. The molecule has 2 heterocycles. The Bertz CT molecular complexity index is 582. The van der Waals surface area contributed by atoms with Crippen LogP contribution in [0.2, 0.25) is 21.8 Å². The normalized spacial score (nSPS) is 13.1. The van der Waals surface area contributed by atoms with Crippen molar-refractivity contribution in [2.45, 2.75) is 58.2 Å². The minimum Gasteiger partial charge on any atom is -0.358 e. The first kappa shape index (κ1) is 15.5. The molecule has 0 aliphatic rings. The molecule has 0 N–H and O–H groups in total. The molecule has 0 atom stereocenters. The standard InChI is InChI=1S/C15H24ClN3Si/c1-10(2)20(11(3)4,12(5)6)19-8-7-13-14(16)17-9-18-15(13)19/h7-12H,1-6H3. The highest BCUT2D eigenvalue weighted by Gasteiger charge is 2.46. The van der Waals surface area contributed by atoms with Crippen molar-refractivity contribution in [2.24, 2.45) is 0 Å². The minimum atomic E-state index is -1.77. The Morgan fingerprint density at radius 1 is 1.00 bits per heavy atom. The zero-order valence-electron chi connectivity index (χ0n) is 13.2. The van der Waals surface area contributed by atoms with Crippen LogP contribution in [0.15, 0.2) is 18.6 Å². The number of halogens is 1. The SMILES string of the molecule is CC(C)[Si](C(C)C)(C(C)C)n1ccc2c(Cl)ncnc21. The fraction of sp³-hybridized carbons (Fsp3) is 0.600. The summed E-state index contributed by atoms with van der Waals surface area (Å²) in [6, 6.07) is 2.06. The Hall–Kier alpha value is -0.873. The van der Waals surface area contributed by atoms with E-state index in [0.29, 0.717) is 21.8 Å². The van der Waals surface area contributed by atoms with Gasteiger partial charge in [0.15, 0.2) is 8.24 Å². The second kappa shape index (κ2) is 5.49. The molecule has 0 saturated carbocycles. The molecule has 0 aromatic carbocycles. The quantitative estimate of drug-likeness (QED) is 0.580. The number of fused-ring (bicyclic) bond motifs is 1. The first-order chi connectivity index (χ1) is 9.33. The van der Waals surface area contributed by atoms with Crippen molar-refractivity contribution in [3.05, 3.63) is 23.7 Å². The monoisotopic (exact) mass is 309 g/mol. The smallest absolute Gasteiger partial charge is 0.171 e. The number of nitrogens with zero attached hydrogens (tertiary/aromatic N) is 3. The third kappa shape index (κ3) is 2.09. The summed E-state index contributed by atoms with van der Waals surface area (Å²) in [6.07, 6.45) is 3.75. The maximum Gasteiger partial charge on any atom is 0.171 e. The number of hydrogen-bond acceptors (Lipinski definition) is 2. The molecule has 0 bridgehead atoms. The van der Waals surface area contributed by atoms with Gasteiger partial charge >= 0.3 is 0 Å². The van der Waals surface area contributed by atoms with Crippen LogP contribution in [0.3, 0.4) is 0 Å². The summed E-state index contributed by atoms with van der Waals surface area (Å²) < 4.78 is 2.45. The molecule has 0 spiro atoms. The molecule has 0 aliphatic carbocycles. The molecule has 0 unspecified atom stereocenters. The Morgan fingerprint density at radius 3 is 2.05 bits per heavy atom. The van der Waals surface area contributed by atoms with Crippen molar-refractivity contribution in [3.8, 4) is 0 Å². The summed E-state index contributed by atoms with van der Waals surface area (Å²) >= 11 is 6.21. The number of hydrogen-bond donors (Lipinski definition) is 0. The molecular formula is C15H24ClN3Si. The van der Waals surface area contributed by atoms with Gasteiger partial charge < -0.3 is 4.23 Å². The van der Waals surface area contributed by atoms with Gasteiger partial charge in [0.1, 0.15) is 17.1 Å². The van der Waals surface area contributed by atoms with E-state index in [-0.39, 0.29) is 0 Å². The van der Waals surface area contributed by atoms with Crippen LogP contribution in [0.1, 0.15) is 41.5 Å². The number of rotatable bonds is 4. The molecule has 110 valence electrons. The van der Waals surface area contributed by atoms with Crippen LogP contribution >= 0.6 is 11.6 Å². The van der Waals surface area contributed by atoms with Crippen molar-refractivity contribution in [1.82, 2.24) is 14.2 Å². The van der Waals surface area contributed by atoms with Crippen LogP contribution in [0.25, 0.3) is 11.0 Å². The van der Waals surface area contributed by atoms with E-state index in [9.17, 15) is 0 Å². The molecule has 5 heteroatoms. The molecule has 0 amide bonds. The lowest BCUT2D eigenvalue weighted by Crippen LogP contribution is -2.51. The summed E-state index contributed by atoms with van der Waals surface area (Å²) in [5.41, 5.74) is 2.89. The van der Waals surface area contributed by atoms with Crippen molar-refractivity contribution in [1.29, 1.82) is 0 Å². The van der Waals surface area contributed by atoms with Crippen molar-refractivity contribution in [2.75, 3.05) is 0 Å². The molecule has 0 radical (unpaired) electrons. The molecule has 0 saturated heterocycles. The van der Waals surface area contributed by atoms with E-state index in [2.05, 4.69) is 68.0 Å². The average molecular weight is 310 g/mol. The highest BCUT2D eigenvalue weighted by atomic mass is 35.5. The third-order valence-electron chi connectivity index (χ3n) is 4.62. The lowest BCUT2D eigenvalue weighted by molar-refractivity contribution is 0.770. The first-order valence-corrected chi connectivity index (χ1v) is 9.87. The van der Waals surface area contributed by atoms with Crippen molar-refractivity contribution < 1.29 is 0 Å². The molecule has 20 heavy (non-hydrogen) atoms. The van der Waals surface area contributed by atoms with Gasteiger partial charge in [-0.1, -0.05) is 53.1 Å². The molecule has 2 aromatic rings. The molecule has 2 aromatic heterocycles. The average Bonchev–Trinajstić information content (AvgIpc) is 2.74. The summed E-state index contributed by atoms with van der Waals surface area (Å²) in [5.74, 6) is 0. The predicted molar refractivity (Wildman–Crippen MR) is 89.0 cm³/mol. The lowest BCUT2D eigenvalue weighted by Gasteiger charge is -2.44. The zero-order valence-corrected chi connectivity index (χ0v) is 14.9. The van der Waals surface area contributed by atoms with E-state index in [1.54, 1.807) is 6.33 Å². The van der Waals surface area contributed by atoms with Gasteiger partial charge in [-0.2, -0.15) is 0 Å². The van der Waals surface area contributed by atoms with E-state index in [4.69, 9.17) is 11.6 Å². The van der Waals surface area contributed by atoms with Crippen LogP contribution in [-0.4, -0.2) is 22.4 Å². The highest BCUT2D eigenvalue weighted by molar-refractivity contribution is 6.82. The van der Waals surface area contributed by atoms with E-state index >= 15 is 0 Å². The van der Waals surface area contributed by atoms with Gasteiger partial charge in [-0.25, -0.2) is 9.97 Å². The van der Waals surface area contributed by atoms with Crippen LogP contribution in [0, 0.1) is 0 Å². The summed E-state index contributed by atoms with van der Waals surface area (Å²) in [7, 11) is -1.77. The van der Waals surface area contributed by atoms with Gasteiger partial charge in [0.05, 0.1) is 5.39 Å². The van der Waals surface area contributed by atoms with Gasteiger partial charge in [0.25, 0.3) is 0 Å². The Labute approximate surface area is 127 Å². The van der Waals surface area contributed by atoms with E-state index in [1.165, 1.54) is 0 Å². The fourth-order valence-corrected chi connectivity index (χ4v) is 10.8. The molecular weight excluding hydrogens is 286 g/mol. The second-order valence-corrected chi connectivity index (χ2v) is 12.5. The summed E-state index contributed by atoms with van der Waals surface area (Å²) in [4.78, 5) is 8.61. The van der Waals surface area contributed by atoms with Gasteiger partial charge in [-0.15, -0.1) is 0 Å². The third-order valence-corrected chi connectivity index (χ3v) is 11.7. The van der Waals surface area contributed by atoms with E-state index in [1.807, 2.05) is 0 Å². The Morgan fingerprint density at radius 2 is 1.55 bits per heavy atom. The molecule has 0 fully saturated rings. The van der Waals surface area contributed by atoms with Crippen LogP contribution in [0.5, 0.6) is 0 Å². The summed E-state index contributed by atoms with van der Waals surface area (Å²) in [5, 5.41) is 1.51. The maximum absolute atomic E-state index is 6.21. The van der Waals surface area contributed by atoms with Crippen LogP contribution < -0.4 is 0 Å². The summed E-state index contributed by atoms with van der Waals surface area (Å²) in [6.45, 7) is 14.1. The largest absolute Gasteiger partial charge is 0.358 e. The lowest BCUT2D eigenvalue weighted by atomic mass is 10.4. The molecule has 2 rings (SSSR count). The predicted octanol–water partition coefficient (Wildman–Crippen LogP) is 5.11.